The molecule has 134 valence electrons. The highest BCUT2D eigenvalue weighted by atomic mass is 32.2. The Morgan fingerprint density at radius 2 is 1.52 bits per heavy atom. The monoisotopic (exact) mass is 374 g/mol. The van der Waals surface area contributed by atoms with Crippen molar-refractivity contribution < 1.29 is 58.4 Å². The summed E-state index contributed by atoms with van der Waals surface area (Å²) in [5.74, 6) is -6.73. The first-order valence-corrected chi connectivity index (χ1v) is 6.76. The molecule has 0 aromatic rings. The van der Waals surface area contributed by atoms with Gasteiger partial charge in [0.2, 0.25) is 0 Å². The van der Waals surface area contributed by atoms with Crippen molar-refractivity contribution in [1.82, 2.24) is 0 Å². The second kappa shape index (κ2) is 6.74. The Morgan fingerprint density at radius 1 is 1.09 bits per heavy atom. The summed E-state index contributed by atoms with van der Waals surface area (Å²) in [5, 5.41) is 0. The van der Waals surface area contributed by atoms with Gasteiger partial charge in [-0.2, -0.15) is 34.8 Å². The Bertz CT molecular complexity index is 562. The Hall–Kier alpha value is -1.83. The molecule has 14 heteroatoms. The van der Waals surface area contributed by atoms with E-state index < -0.39 is 52.4 Å². The lowest BCUT2D eigenvalue weighted by Crippen LogP contribution is -2.63. The Labute approximate surface area is 124 Å². The zero-order valence-electron chi connectivity index (χ0n) is 10.8. The van der Waals surface area contributed by atoms with E-state index in [1.165, 1.54) is 0 Å². The van der Waals surface area contributed by atoms with E-state index in [0.717, 1.165) is 0 Å². The molecule has 0 atom stereocenters. The molecular weight excluding hydrogens is 366 g/mol. The summed E-state index contributed by atoms with van der Waals surface area (Å²) in [4.78, 5) is 21.6. The first kappa shape index (κ1) is 21.2. The fourth-order valence-electron chi connectivity index (χ4n) is 1.14. The molecule has 0 saturated carbocycles. The van der Waals surface area contributed by atoms with Gasteiger partial charge in [-0.3, -0.25) is 4.55 Å². The molecule has 0 radical (unpaired) electrons. The smallest absolute Gasteiger partial charge is 0.438 e. The lowest BCUT2D eigenvalue weighted by atomic mass is 10.1. The largest absolute Gasteiger partial charge is 0.451 e. The maximum Gasteiger partial charge on any atom is 0.438 e. The number of hydrogen-bond acceptors (Lipinski definition) is 6. The van der Waals surface area contributed by atoms with Gasteiger partial charge in [0.1, 0.15) is 5.75 Å². The molecule has 0 amide bonds. The molecule has 0 bridgehead atoms. The average Bonchev–Trinajstić information content (AvgIpc) is 2.30. The van der Waals surface area contributed by atoms with Gasteiger partial charge in [0.05, 0.1) is 0 Å². The number of carbonyl (C=O) groups is 2. The molecule has 0 aliphatic rings. The van der Waals surface area contributed by atoms with E-state index in [0.29, 0.717) is 6.08 Å². The molecule has 0 unspecified atom stereocenters. The fourth-order valence-corrected chi connectivity index (χ4v) is 2.04. The van der Waals surface area contributed by atoms with Gasteiger partial charge in [0, 0.05) is 6.08 Å². The second-order valence-electron chi connectivity index (χ2n) is 3.83. The Morgan fingerprint density at radius 3 is 1.83 bits per heavy atom. The second-order valence-corrected chi connectivity index (χ2v) is 5.29. The minimum Gasteiger partial charge on any atom is -0.451 e. The van der Waals surface area contributed by atoms with Gasteiger partial charge in [0.15, 0.2) is 6.61 Å². The predicted molar refractivity (Wildman–Crippen MR) is 58.5 cm³/mol. The summed E-state index contributed by atoms with van der Waals surface area (Å²) in [6.07, 6.45) is -12.4. The van der Waals surface area contributed by atoms with Crippen molar-refractivity contribution in [2.75, 3.05) is 12.4 Å². The SMILES string of the molecule is C=CC(=O)OCC(=O)OC(CS(=O)(=O)O)(C(F)(F)F)C(F)(F)F. The standard InChI is InChI=1S/C9H8F6O7S/c1-2-5(16)21-3-6(17)22-7(8(10,11)12,9(13,14)15)4-23(18,19)20/h2H,1,3-4H2,(H,18,19,20). The van der Waals surface area contributed by atoms with Gasteiger partial charge in [-0.25, -0.2) is 9.59 Å². The fraction of sp³-hybridized carbons (Fsp3) is 0.556. The van der Waals surface area contributed by atoms with Crippen LogP contribution in [0.4, 0.5) is 26.3 Å². The van der Waals surface area contributed by atoms with Crippen LogP contribution in [0.3, 0.4) is 0 Å². The third-order valence-electron chi connectivity index (χ3n) is 2.09. The molecule has 0 spiro atoms. The van der Waals surface area contributed by atoms with Gasteiger partial charge in [-0.1, -0.05) is 6.58 Å². The summed E-state index contributed by atoms with van der Waals surface area (Å²) in [5.41, 5.74) is -5.54. The van der Waals surface area contributed by atoms with Gasteiger partial charge in [0.25, 0.3) is 10.1 Å². The van der Waals surface area contributed by atoms with Gasteiger partial charge >= 0.3 is 29.9 Å². The molecule has 0 aromatic heterocycles. The minimum atomic E-state index is -6.45. The van der Waals surface area contributed by atoms with Crippen LogP contribution in [0.2, 0.25) is 0 Å². The molecule has 0 aromatic carbocycles. The predicted octanol–water partition coefficient (Wildman–Crippen LogP) is 1.01. The summed E-state index contributed by atoms with van der Waals surface area (Å²) in [7, 11) is -5.87. The molecular formula is C9H8F6O7S. The van der Waals surface area contributed by atoms with Crippen LogP contribution in [0.15, 0.2) is 12.7 Å². The summed E-state index contributed by atoms with van der Waals surface area (Å²) in [6, 6.07) is 0. The first-order valence-electron chi connectivity index (χ1n) is 5.15. The van der Waals surface area contributed by atoms with E-state index in [4.69, 9.17) is 4.55 Å². The number of halogens is 6. The molecule has 1 N–H and O–H groups in total. The van der Waals surface area contributed by atoms with E-state index in [1.807, 2.05) is 0 Å². The normalized spacial score (nSPS) is 13.3. The van der Waals surface area contributed by atoms with E-state index in [1.54, 1.807) is 0 Å². The van der Waals surface area contributed by atoms with Crippen LogP contribution >= 0.6 is 0 Å². The van der Waals surface area contributed by atoms with Crippen LogP contribution < -0.4 is 0 Å². The molecule has 0 rings (SSSR count). The van der Waals surface area contributed by atoms with Crippen LogP contribution in [0.5, 0.6) is 0 Å². The summed E-state index contributed by atoms with van der Waals surface area (Å²) in [6.45, 7) is 1.16. The van der Waals surface area contributed by atoms with Crippen molar-refractivity contribution >= 4 is 22.1 Å². The lowest BCUT2D eigenvalue weighted by Gasteiger charge is -2.35. The van der Waals surface area contributed by atoms with Crippen molar-refractivity contribution in [3.63, 3.8) is 0 Å². The number of hydrogen-bond donors (Lipinski definition) is 1. The first-order chi connectivity index (χ1) is 10.1. The molecule has 0 aliphatic heterocycles. The van der Waals surface area contributed by atoms with Gasteiger partial charge in [-0.15, -0.1) is 0 Å². The van der Waals surface area contributed by atoms with Crippen LogP contribution in [0, 0.1) is 0 Å². The van der Waals surface area contributed by atoms with Crippen LogP contribution in [-0.4, -0.2) is 55.2 Å². The molecule has 7 nitrogen and oxygen atoms in total. The highest BCUT2D eigenvalue weighted by molar-refractivity contribution is 7.85. The van der Waals surface area contributed by atoms with Crippen LogP contribution in [0.1, 0.15) is 0 Å². The van der Waals surface area contributed by atoms with E-state index in [-0.39, 0.29) is 0 Å². The van der Waals surface area contributed by atoms with E-state index in [9.17, 15) is 44.3 Å². The number of ether oxygens (including phenoxy) is 2. The number of rotatable bonds is 6. The molecule has 0 aliphatic carbocycles. The Kier molecular flexibility index (Phi) is 6.20. The highest BCUT2D eigenvalue weighted by Gasteiger charge is 2.75. The zero-order valence-corrected chi connectivity index (χ0v) is 11.6. The van der Waals surface area contributed by atoms with Crippen molar-refractivity contribution in [3.05, 3.63) is 12.7 Å². The third-order valence-corrected chi connectivity index (χ3v) is 2.86. The third kappa shape index (κ3) is 5.70. The van der Waals surface area contributed by atoms with Crippen molar-refractivity contribution in [2.45, 2.75) is 18.0 Å². The van der Waals surface area contributed by atoms with Crippen LogP contribution in [0.25, 0.3) is 0 Å². The maximum atomic E-state index is 12.7. The average molecular weight is 374 g/mol. The molecule has 0 heterocycles. The number of alkyl halides is 6. The van der Waals surface area contributed by atoms with Gasteiger partial charge in [-0.05, 0) is 0 Å². The van der Waals surface area contributed by atoms with Crippen molar-refractivity contribution in [3.8, 4) is 0 Å². The van der Waals surface area contributed by atoms with Crippen molar-refractivity contribution in [1.29, 1.82) is 0 Å². The van der Waals surface area contributed by atoms with Crippen LogP contribution in [-0.2, 0) is 29.2 Å². The highest BCUT2D eigenvalue weighted by Crippen LogP contribution is 2.46. The minimum absolute atomic E-state index is 0.451. The van der Waals surface area contributed by atoms with E-state index in [2.05, 4.69) is 16.1 Å². The summed E-state index contributed by atoms with van der Waals surface area (Å²) < 4.78 is 113. The number of esters is 2. The van der Waals surface area contributed by atoms with Gasteiger partial charge < -0.3 is 9.47 Å². The quantitative estimate of drug-likeness (QED) is 0.320. The molecule has 23 heavy (non-hydrogen) atoms. The topological polar surface area (TPSA) is 107 Å². The van der Waals surface area contributed by atoms with Crippen molar-refractivity contribution in [2.24, 2.45) is 0 Å². The van der Waals surface area contributed by atoms with E-state index >= 15 is 0 Å². The lowest BCUT2D eigenvalue weighted by molar-refractivity contribution is -0.361. The number of carbonyl (C=O) groups excluding carboxylic acids is 2. The maximum absolute atomic E-state index is 12.7. The molecule has 0 saturated heterocycles. The molecule has 0 fully saturated rings. The zero-order chi connectivity index (χ0) is 18.7. The summed E-state index contributed by atoms with van der Waals surface area (Å²) >= 11 is 0. The Balaban J connectivity index is 5.72.